The molecule has 0 aliphatic rings. The number of rotatable bonds is 4. The van der Waals surface area contributed by atoms with E-state index in [9.17, 15) is 0 Å². The molecule has 0 saturated heterocycles. The summed E-state index contributed by atoms with van der Waals surface area (Å²) >= 11 is 6.20. The van der Waals surface area contributed by atoms with E-state index < -0.39 is 0 Å². The second-order valence-electron chi connectivity index (χ2n) is 4.95. The molecule has 0 aromatic heterocycles. The van der Waals surface area contributed by atoms with Gasteiger partial charge in [-0.25, -0.2) is 0 Å². The second-order valence-corrected chi connectivity index (χ2v) is 5.36. The SMILES string of the molecule is Cc1ccc(N(C)Cc2ccccc2Cl)c(/C(N)=N/O)c1. The number of amidine groups is 1. The molecule has 0 aliphatic heterocycles. The maximum Gasteiger partial charge on any atom is 0.172 e. The number of anilines is 1. The highest BCUT2D eigenvalue weighted by molar-refractivity contribution is 6.31. The molecule has 0 bridgehead atoms. The standard InChI is InChI=1S/C16H18ClN3O/c1-11-7-8-15(13(9-11)16(18)19-21)20(2)10-12-5-3-4-6-14(12)17/h3-9,21H,10H2,1-2H3,(H2,18,19). The van der Waals surface area contributed by atoms with E-state index in [0.29, 0.717) is 12.1 Å². The molecular weight excluding hydrogens is 286 g/mol. The lowest BCUT2D eigenvalue weighted by molar-refractivity contribution is 0.318. The highest BCUT2D eigenvalue weighted by Gasteiger charge is 2.12. The van der Waals surface area contributed by atoms with Crippen molar-refractivity contribution in [3.63, 3.8) is 0 Å². The molecule has 2 aromatic rings. The van der Waals surface area contributed by atoms with Crippen LogP contribution in [-0.4, -0.2) is 18.1 Å². The van der Waals surface area contributed by atoms with Crippen LogP contribution in [0.3, 0.4) is 0 Å². The Morgan fingerprint density at radius 2 is 2.00 bits per heavy atom. The van der Waals surface area contributed by atoms with Crippen LogP contribution >= 0.6 is 11.6 Å². The van der Waals surface area contributed by atoms with Gasteiger partial charge in [-0.1, -0.05) is 46.6 Å². The Balaban J connectivity index is 2.35. The molecule has 0 amide bonds. The number of aryl methyl sites for hydroxylation is 1. The Hall–Kier alpha value is -2.20. The third kappa shape index (κ3) is 3.47. The van der Waals surface area contributed by atoms with Gasteiger partial charge in [0, 0.05) is 29.9 Å². The first-order valence-electron chi connectivity index (χ1n) is 6.56. The maximum absolute atomic E-state index is 8.94. The summed E-state index contributed by atoms with van der Waals surface area (Å²) < 4.78 is 0. The van der Waals surface area contributed by atoms with Crippen LogP contribution in [0.25, 0.3) is 0 Å². The van der Waals surface area contributed by atoms with Crippen molar-refractivity contribution < 1.29 is 5.21 Å². The number of nitrogens with two attached hydrogens (primary N) is 1. The van der Waals surface area contributed by atoms with Crippen molar-refractivity contribution in [1.82, 2.24) is 0 Å². The molecule has 21 heavy (non-hydrogen) atoms. The molecule has 2 aromatic carbocycles. The minimum absolute atomic E-state index is 0.0970. The van der Waals surface area contributed by atoms with Gasteiger partial charge in [-0.15, -0.1) is 0 Å². The van der Waals surface area contributed by atoms with E-state index in [2.05, 4.69) is 5.16 Å². The average molecular weight is 304 g/mol. The number of hydrogen-bond donors (Lipinski definition) is 2. The smallest absolute Gasteiger partial charge is 0.172 e. The van der Waals surface area contributed by atoms with E-state index in [4.69, 9.17) is 22.5 Å². The highest BCUT2D eigenvalue weighted by Crippen LogP contribution is 2.24. The fourth-order valence-corrected chi connectivity index (χ4v) is 2.40. The van der Waals surface area contributed by atoms with Gasteiger partial charge in [-0.3, -0.25) is 0 Å². The van der Waals surface area contributed by atoms with Crippen molar-refractivity contribution in [2.24, 2.45) is 10.9 Å². The summed E-state index contributed by atoms with van der Waals surface area (Å²) in [6.45, 7) is 2.60. The molecule has 0 fully saturated rings. The van der Waals surface area contributed by atoms with Gasteiger partial charge in [0.05, 0.1) is 0 Å². The van der Waals surface area contributed by atoms with Gasteiger partial charge < -0.3 is 15.8 Å². The summed E-state index contributed by atoms with van der Waals surface area (Å²) in [5.41, 5.74) is 9.43. The van der Waals surface area contributed by atoms with E-state index in [1.165, 1.54) is 0 Å². The fraction of sp³-hybridized carbons (Fsp3) is 0.188. The third-order valence-electron chi connectivity index (χ3n) is 3.31. The van der Waals surface area contributed by atoms with Crippen molar-refractivity contribution in [3.05, 3.63) is 64.2 Å². The molecule has 0 unspecified atom stereocenters. The molecule has 2 rings (SSSR count). The van der Waals surface area contributed by atoms with Gasteiger partial charge in [-0.2, -0.15) is 0 Å². The average Bonchev–Trinajstić information content (AvgIpc) is 2.48. The molecule has 0 radical (unpaired) electrons. The molecule has 0 saturated carbocycles. The van der Waals surface area contributed by atoms with Crippen LogP contribution in [0.1, 0.15) is 16.7 Å². The quantitative estimate of drug-likeness (QED) is 0.394. The summed E-state index contributed by atoms with van der Waals surface area (Å²) in [5.74, 6) is 0.0970. The number of halogens is 1. The summed E-state index contributed by atoms with van der Waals surface area (Å²) in [6, 6.07) is 13.5. The molecule has 110 valence electrons. The molecule has 0 atom stereocenters. The molecule has 3 N–H and O–H groups in total. The zero-order chi connectivity index (χ0) is 15.4. The van der Waals surface area contributed by atoms with Gasteiger partial charge in [0.2, 0.25) is 0 Å². The molecule has 4 nitrogen and oxygen atoms in total. The van der Waals surface area contributed by atoms with E-state index in [1.807, 2.05) is 61.3 Å². The first-order valence-corrected chi connectivity index (χ1v) is 6.94. The third-order valence-corrected chi connectivity index (χ3v) is 3.68. The summed E-state index contributed by atoms with van der Waals surface area (Å²) in [6.07, 6.45) is 0. The number of nitrogens with zero attached hydrogens (tertiary/aromatic N) is 2. The molecule has 0 spiro atoms. The zero-order valence-corrected chi connectivity index (χ0v) is 12.8. The number of benzene rings is 2. The van der Waals surface area contributed by atoms with Crippen LogP contribution in [0.5, 0.6) is 0 Å². The Morgan fingerprint density at radius 3 is 2.67 bits per heavy atom. The van der Waals surface area contributed by atoms with Crippen LogP contribution in [0.15, 0.2) is 47.6 Å². The molecular formula is C16H18ClN3O. The van der Waals surface area contributed by atoms with Crippen molar-refractivity contribution in [1.29, 1.82) is 0 Å². The van der Waals surface area contributed by atoms with E-state index >= 15 is 0 Å². The Morgan fingerprint density at radius 1 is 1.29 bits per heavy atom. The van der Waals surface area contributed by atoms with Crippen LogP contribution in [0, 0.1) is 6.92 Å². The lowest BCUT2D eigenvalue weighted by Gasteiger charge is -2.23. The first-order chi connectivity index (χ1) is 10.0. The molecule has 0 heterocycles. The van der Waals surface area contributed by atoms with Gasteiger partial charge in [-0.05, 0) is 30.7 Å². The van der Waals surface area contributed by atoms with Crippen LogP contribution in [0.4, 0.5) is 5.69 Å². The van der Waals surface area contributed by atoms with E-state index in [1.54, 1.807) is 0 Å². The van der Waals surface area contributed by atoms with Crippen molar-refractivity contribution in [3.8, 4) is 0 Å². The van der Waals surface area contributed by atoms with E-state index in [-0.39, 0.29) is 5.84 Å². The zero-order valence-electron chi connectivity index (χ0n) is 12.0. The number of oxime groups is 1. The van der Waals surface area contributed by atoms with Crippen molar-refractivity contribution in [2.45, 2.75) is 13.5 Å². The van der Waals surface area contributed by atoms with E-state index in [0.717, 1.165) is 21.8 Å². The van der Waals surface area contributed by atoms with Crippen LogP contribution < -0.4 is 10.6 Å². The topological polar surface area (TPSA) is 61.8 Å². The molecule has 0 aliphatic carbocycles. The number of hydrogen-bond acceptors (Lipinski definition) is 3. The highest BCUT2D eigenvalue weighted by atomic mass is 35.5. The van der Waals surface area contributed by atoms with Crippen LogP contribution in [-0.2, 0) is 6.54 Å². The minimum atomic E-state index is 0.0970. The summed E-state index contributed by atoms with van der Waals surface area (Å²) in [5, 5.41) is 12.8. The van der Waals surface area contributed by atoms with Crippen LogP contribution in [0.2, 0.25) is 5.02 Å². The Bertz CT molecular complexity index is 670. The van der Waals surface area contributed by atoms with Gasteiger partial charge in [0.1, 0.15) is 0 Å². The Kier molecular flexibility index (Phi) is 4.70. The monoisotopic (exact) mass is 303 g/mol. The predicted molar refractivity (Wildman–Crippen MR) is 87.2 cm³/mol. The summed E-state index contributed by atoms with van der Waals surface area (Å²) in [4.78, 5) is 2.02. The van der Waals surface area contributed by atoms with Gasteiger partial charge >= 0.3 is 0 Å². The fourth-order valence-electron chi connectivity index (χ4n) is 2.21. The first kappa shape index (κ1) is 15.2. The van der Waals surface area contributed by atoms with Gasteiger partial charge in [0.25, 0.3) is 0 Å². The van der Waals surface area contributed by atoms with Crippen molar-refractivity contribution >= 4 is 23.1 Å². The van der Waals surface area contributed by atoms with Gasteiger partial charge in [0.15, 0.2) is 5.84 Å². The maximum atomic E-state index is 8.94. The lowest BCUT2D eigenvalue weighted by atomic mass is 10.1. The molecule has 5 heteroatoms. The largest absolute Gasteiger partial charge is 0.409 e. The van der Waals surface area contributed by atoms with Crippen molar-refractivity contribution in [2.75, 3.05) is 11.9 Å². The second kappa shape index (κ2) is 6.50. The summed E-state index contributed by atoms with van der Waals surface area (Å²) in [7, 11) is 1.95. The predicted octanol–water partition coefficient (Wildman–Crippen LogP) is 3.38. The minimum Gasteiger partial charge on any atom is -0.409 e. The normalized spacial score (nSPS) is 11.5. The lowest BCUT2D eigenvalue weighted by Crippen LogP contribution is -2.23. The Labute approximate surface area is 129 Å².